The normalized spacial score (nSPS) is 22.4. The van der Waals surface area contributed by atoms with Crippen molar-refractivity contribution >= 4 is 11.5 Å². The Hall–Kier alpha value is -1.31. The van der Waals surface area contributed by atoms with E-state index in [1.54, 1.807) is 0 Å². The van der Waals surface area contributed by atoms with Crippen LogP contribution in [0.4, 0.5) is 5.69 Å². The van der Waals surface area contributed by atoms with Crippen LogP contribution in [-0.2, 0) is 10.2 Å². The van der Waals surface area contributed by atoms with Crippen LogP contribution in [0.5, 0.6) is 0 Å². The third-order valence-corrected chi connectivity index (χ3v) is 3.63. The number of hydrogen-bond donors (Lipinski definition) is 1. The molecule has 1 aromatic carbocycles. The molecule has 2 aliphatic rings. The van der Waals surface area contributed by atoms with Gasteiger partial charge < -0.3 is 5.73 Å². The molecule has 0 unspecified atom stereocenters. The standard InChI is InChI=1S/C13H15NO/c14-11-5-3-10(4-6-11)13(7-8-13)12(15)9-1-2-9/h3-6,9H,1-2,7-8,14H2. The van der Waals surface area contributed by atoms with Gasteiger partial charge in [0.25, 0.3) is 0 Å². The number of nitrogen functional groups attached to an aromatic ring is 1. The Morgan fingerprint density at radius 3 is 2.27 bits per heavy atom. The van der Waals surface area contributed by atoms with Gasteiger partial charge in [-0.25, -0.2) is 0 Å². The van der Waals surface area contributed by atoms with Gasteiger partial charge in [-0.15, -0.1) is 0 Å². The molecule has 0 spiro atoms. The molecule has 0 amide bonds. The molecular formula is C13H15NO. The summed E-state index contributed by atoms with van der Waals surface area (Å²) < 4.78 is 0. The molecule has 3 rings (SSSR count). The maximum Gasteiger partial charge on any atom is 0.146 e. The molecule has 0 radical (unpaired) electrons. The lowest BCUT2D eigenvalue weighted by Gasteiger charge is -2.14. The van der Waals surface area contributed by atoms with E-state index in [2.05, 4.69) is 0 Å². The molecule has 2 heteroatoms. The number of carbonyl (C=O) groups is 1. The van der Waals surface area contributed by atoms with E-state index in [1.807, 2.05) is 24.3 Å². The van der Waals surface area contributed by atoms with E-state index in [0.29, 0.717) is 11.7 Å². The molecule has 2 aliphatic carbocycles. The van der Waals surface area contributed by atoms with Crippen LogP contribution in [0.15, 0.2) is 24.3 Å². The van der Waals surface area contributed by atoms with Gasteiger partial charge in [-0.05, 0) is 43.4 Å². The zero-order chi connectivity index (χ0) is 10.5. The number of Topliss-reactive ketones (excluding diaryl/α,β-unsaturated/α-hetero) is 1. The number of anilines is 1. The molecule has 2 nitrogen and oxygen atoms in total. The van der Waals surface area contributed by atoms with Gasteiger partial charge in [-0.2, -0.15) is 0 Å². The minimum Gasteiger partial charge on any atom is -0.399 e. The lowest BCUT2D eigenvalue weighted by atomic mass is 9.89. The number of nitrogens with two attached hydrogens (primary N) is 1. The fraction of sp³-hybridized carbons (Fsp3) is 0.462. The van der Waals surface area contributed by atoms with Crippen molar-refractivity contribution in [3.8, 4) is 0 Å². The molecule has 2 fully saturated rings. The summed E-state index contributed by atoms with van der Waals surface area (Å²) >= 11 is 0. The SMILES string of the molecule is Nc1ccc(C2(C(=O)C3CC3)CC2)cc1. The molecule has 78 valence electrons. The molecule has 1 aromatic rings. The lowest BCUT2D eigenvalue weighted by molar-refractivity contribution is -0.122. The minimum absolute atomic E-state index is 0.116. The van der Waals surface area contributed by atoms with Gasteiger partial charge in [0.05, 0.1) is 5.41 Å². The molecule has 0 bridgehead atoms. The molecular weight excluding hydrogens is 186 g/mol. The first-order valence-electron chi connectivity index (χ1n) is 5.63. The molecule has 0 aliphatic heterocycles. The van der Waals surface area contributed by atoms with Crippen molar-refractivity contribution in [1.82, 2.24) is 0 Å². The van der Waals surface area contributed by atoms with Crippen LogP contribution in [0.2, 0.25) is 0 Å². The second kappa shape index (κ2) is 2.84. The molecule has 0 heterocycles. The Morgan fingerprint density at radius 2 is 1.80 bits per heavy atom. The second-order valence-electron chi connectivity index (χ2n) is 4.84. The van der Waals surface area contributed by atoms with Crippen molar-refractivity contribution in [1.29, 1.82) is 0 Å². The average Bonchev–Trinajstić information content (AvgIpc) is 3.12. The average molecular weight is 201 g/mol. The fourth-order valence-electron chi connectivity index (χ4n) is 2.34. The predicted octanol–water partition coefficient (Wildman–Crippen LogP) is 2.28. The zero-order valence-corrected chi connectivity index (χ0v) is 8.70. The Labute approximate surface area is 89.5 Å². The summed E-state index contributed by atoms with van der Waals surface area (Å²) in [6, 6.07) is 7.83. The summed E-state index contributed by atoms with van der Waals surface area (Å²) in [5, 5.41) is 0. The van der Waals surface area contributed by atoms with Gasteiger partial charge in [-0.1, -0.05) is 12.1 Å². The first kappa shape index (κ1) is 8.96. The van der Waals surface area contributed by atoms with Gasteiger partial charge in [0.1, 0.15) is 5.78 Å². The largest absolute Gasteiger partial charge is 0.399 e. The smallest absolute Gasteiger partial charge is 0.146 e. The van der Waals surface area contributed by atoms with Crippen molar-refractivity contribution in [3.05, 3.63) is 29.8 Å². The first-order valence-corrected chi connectivity index (χ1v) is 5.63. The Balaban J connectivity index is 1.92. The van der Waals surface area contributed by atoms with Crippen LogP contribution < -0.4 is 5.73 Å². The van der Waals surface area contributed by atoms with Crippen LogP contribution in [0.25, 0.3) is 0 Å². The highest BCUT2D eigenvalue weighted by molar-refractivity contribution is 5.96. The summed E-state index contributed by atoms with van der Waals surface area (Å²) in [5.41, 5.74) is 7.48. The highest BCUT2D eigenvalue weighted by Crippen LogP contribution is 2.53. The van der Waals surface area contributed by atoms with Crippen molar-refractivity contribution in [2.45, 2.75) is 31.1 Å². The zero-order valence-electron chi connectivity index (χ0n) is 8.70. The maximum atomic E-state index is 12.1. The van der Waals surface area contributed by atoms with Gasteiger partial charge >= 0.3 is 0 Å². The lowest BCUT2D eigenvalue weighted by Crippen LogP contribution is -2.21. The minimum atomic E-state index is -0.116. The van der Waals surface area contributed by atoms with E-state index in [-0.39, 0.29) is 5.41 Å². The quantitative estimate of drug-likeness (QED) is 0.762. The van der Waals surface area contributed by atoms with Crippen molar-refractivity contribution in [3.63, 3.8) is 0 Å². The van der Waals surface area contributed by atoms with E-state index in [9.17, 15) is 4.79 Å². The molecule has 15 heavy (non-hydrogen) atoms. The van der Waals surface area contributed by atoms with E-state index < -0.39 is 0 Å². The molecule has 0 atom stereocenters. The van der Waals surface area contributed by atoms with E-state index in [0.717, 1.165) is 31.4 Å². The summed E-state index contributed by atoms with van der Waals surface area (Å²) in [5.74, 6) is 0.845. The summed E-state index contributed by atoms with van der Waals surface area (Å²) in [6.45, 7) is 0. The monoisotopic (exact) mass is 201 g/mol. The van der Waals surface area contributed by atoms with Gasteiger partial charge in [-0.3, -0.25) is 4.79 Å². The Kier molecular flexibility index (Phi) is 1.70. The van der Waals surface area contributed by atoms with Crippen LogP contribution in [-0.4, -0.2) is 5.78 Å². The van der Waals surface area contributed by atoms with Crippen molar-refractivity contribution in [2.24, 2.45) is 5.92 Å². The molecule has 2 N–H and O–H groups in total. The molecule has 0 aromatic heterocycles. The van der Waals surface area contributed by atoms with Gasteiger partial charge in [0, 0.05) is 11.6 Å². The number of carbonyl (C=O) groups excluding carboxylic acids is 1. The highest BCUT2D eigenvalue weighted by atomic mass is 16.1. The van der Waals surface area contributed by atoms with Crippen LogP contribution in [0.3, 0.4) is 0 Å². The third kappa shape index (κ3) is 1.36. The Morgan fingerprint density at radius 1 is 1.20 bits per heavy atom. The third-order valence-electron chi connectivity index (χ3n) is 3.63. The first-order chi connectivity index (χ1) is 7.22. The number of ketones is 1. The Bertz CT molecular complexity index is 399. The van der Waals surface area contributed by atoms with Crippen LogP contribution in [0, 0.1) is 5.92 Å². The predicted molar refractivity (Wildman–Crippen MR) is 59.5 cm³/mol. The number of benzene rings is 1. The summed E-state index contributed by atoms with van der Waals surface area (Å²) in [4.78, 5) is 12.1. The van der Waals surface area contributed by atoms with Gasteiger partial charge in [0.2, 0.25) is 0 Å². The molecule has 0 saturated heterocycles. The maximum absolute atomic E-state index is 12.1. The van der Waals surface area contributed by atoms with Crippen molar-refractivity contribution in [2.75, 3.05) is 5.73 Å². The van der Waals surface area contributed by atoms with E-state index in [1.165, 1.54) is 5.56 Å². The topological polar surface area (TPSA) is 43.1 Å². The van der Waals surface area contributed by atoms with Gasteiger partial charge in [0.15, 0.2) is 0 Å². The van der Waals surface area contributed by atoms with Crippen LogP contribution >= 0.6 is 0 Å². The second-order valence-corrected chi connectivity index (χ2v) is 4.84. The molecule has 2 saturated carbocycles. The summed E-state index contributed by atoms with van der Waals surface area (Å²) in [7, 11) is 0. The number of rotatable bonds is 3. The highest BCUT2D eigenvalue weighted by Gasteiger charge is 2.54. The van der Waals surface area contributed by atoms with Crippen LogP contribution in [0.1, 0.15) is 31.2 Å². The van der Waals surface area contributed by atoms with E-state index in [4.69, 9.17) is 5.73 Å². The fourth-order valence-corrected chi connectivity index (χ4v) is 2.34. The summed E-state index contributed by atoms with van der Waals surface area (Å²) in [6.07, 6.45) is 4.28. The van der Waals surface area contributed by atoms with Crippen molar-refractivity contribution < 1.29 is 4.79 Å². The van der Waals surface area contributed by atoms with E-state index >= 15 is 0 Å². The number of hydrogen-bond acceptors (Lipinski definition) is 2.